The van der Waals surface area contributed by atoms with Crippen molar-refractivity contribution in [3.63, 3.8) is 0 Å². The molecule has 0 radical (unpaired) electrons. The van der Waals surface area contributed by atoms with Crippen LogP contribution in [0.25, 0.3) is 6.08 Å². The fraction of sp³-hybridized carbons (Fsp3) is 0.333. The molecule has 0 bridgehead atoms. The predicted molar refractivity (Wildman–Crippen MR) is 85.5 cm³/mol. The molecular weight excluding hydrogens is 352 g/mol. The lowest BCUT2D eigenvalue weighted by Gasteiger charge is -2.09. The fourth-order valence-electron chi connectivity index (χ4n) is 1.62. The second-order valence-corrected chi connectivity index (χ2v) is 5.06. The molecule has 0 aliphatic heterocycles. The summed E-state index contributed by atoms with van der Waals surface area (Å²) in [5.41, 5.74) is 0.516. The summed E-state index contributed by atoms with van der Waals surface area (Å²) >= 11 is 3.21. The van der Waals surface area contributed by atoms with Crippen LogP contribution in [0.2, 0.25) is 0 Å². The lowest BCUT2D eigenvalue weighted by atomic mass is 10.1. The molecule has 2 N–H and O–H groups in total. The minimum absolute atomic E-state index is 0.0259. The van der Waals surface area contributed by atoms with Gasteiger partial charge in [-0.25, -0.2) is 0 Å². The van der Waals surface area contributed by atoms with Gasteiger partial charge in [0.15, 0.2) is 11.5 Å². The maximum Gasteiger partial charge on any atom is 0.262 e. The Labute approximate surface area is 137 Å². The van der Waals surface area contributed by atoms with E-state index in [2.05, 4.69) is 21.2 Å². The SMILES string of the molecule is CCOc1cc(/C=C(\C#N)C(=O)NCCOC)cc(Br)c1O. The molecule has 6 nitrogen and oxygen atoms in total. The van der Waals surface area contributed by atoms with Gasteiger partial charge in [-0.1, -0.05) is 0 Å². The fourth-order valence-corrected chi connectivity index (χ4v) is 2.08. The number of nitrogens with one attached hydrogen (secondary N) is 1. The number of hydrogen-bond acceptors (Lipinski definition) is 5. The van der Waals surface area contributed by atoms with Gasteiger partial charge in [0, 0.05) is 13.7 Å². The Balaban J connectivity index is 3.02. The number of phenols is 1. The second-order valence-electron chi connectivity index (χ2n) is 4.20. The minimum atomic E-state index is -0.485. The summed E-state index contributed by atoms with van der Waals surface area (Å²) in [7, 11) is 1.52. The molecule has 0 fully saturated rings. The molecular formula is C15H17BrN2O4. The van der Waals surface area contributed by atoms with E-state index in [4.69, 9.17) is 14.7 Å². The Hall–Kier alpha value is -2.04. The number of phenolic OH excluding ortho intramolecular Hbond substituents is 1. The summed E-state index contributed by atoms with van der Waals surface area (Å²) in [6, 6.07) is 5.01. The van der Waals surface area contributed by atoms with Crippen LogP contribution in [0.5, 0.6) is 11.5 Å². The van der Waals surface area contributed by atoms with E-state index in [0.29, 0.717) is 29.8 Å². The number of carbonyl (C=O) groups is 1. The number of amides is 1. The quantitative estimate of drug-likeness (QED) is 0.437. The van der Waals surface area contributed by atoms with Crippen molar-refractivity contribution in [1.82, 2.24) is 5.32 Å². The number of ether oxygens (including phenoxy) is 2. The van der Waals surface area contributed by atoms with Crippen LogP contribution in [0.1, 0.15) is 12.5 Å². The highest BCUT2D eigenvalue weighted by atomic mass is 79.9. The molecule has 0 atom stereocenters. The van der Waals surface area contributed by atoms with Crippen LogP contribution in [-0.4, -0.2) is 37.9 Å². The Bertz CT molecular complexity index is 608. The van der Waals surface area contributed by atoms with Crippen LogP contribution in [0.3, 0.4) is 0 Å². The van der Waals surface area contributed by atoms with Crippen LogP contribution in [-0.2, 0) is 9.53 Å². The van der Waals surface area contributed by atoms with E-state index < -0.39 is 5.91 Å². The summed E-state index contributed by atoms with van der Waals surface area (Å²) in [5, 5.41) is 21.5. The van der Waals surface area contributed by atoms with Crippen LogP contribution in [0.4, 0.5) is 0 Å². The van der Waals surface area contributed by atoms with Crippen LogP contribution in [0.15, 0.2) is 22.2 Å². The van der Waals surface area contributed by atoms with Gasteiger partial charge in [0.05, 0.1) is 17.7 Å². The number of carbonyl (C=O) groups excluding carboxylic acids is 1. The number of methoxy groups -OCH3 is 1. The van der Waals surface area contributed by atoms with Gasteiger partial charge < -0.3 is 19.9 Å². The molecule has 0 aliphatic carbocycles. The van der Waals surface area contributed by atoms with Gasteiger partial charge in [-0.3, -0.25) is 4.79 Å². The number of benzene rings is 1. The molecule has 1 rings (SSSR count). The van der Waals surface area contributed by atoms with Crippen LogP contribution in [0, 0.1) is 11.3 Å². The smallest absolute Gasteiger partial charge is 0.262 e. The van der Waals surface area contributed by atoms with Crippen LogP contribution >= 0.6 is 15.9 Å². The van der Waals surface area contributed by atoms with Crippen molar-refractivity contribution < 1.29 is 19.4 Å². The van der Waals surface area contributed by atoms with Crippen molar-refractivity contribution in [1.29, 1.82) is 5.26 Å². The average Bonchev–Trinajstić information content (AvgIpc) is 2.50. The molecule has 1 amide bonds. The van der Waals surface area contributed by atoms with E-state index in [0.717, 1.165) is 0 Å². The Morgan fingerprint density at radius 2 is 2.27 bits per heavy atom. The average molecular weight is 369 g/mol. The highest BCUT2D eigenvalue weighted by Gasteiger charge is 2.12. The summed E-state index contributed by atoms with van der Waals surface area (Å²) in [4.78, 5) is 11.9. The van der Waals surface area contributed by atoms with Crippen molar-refractivity contribution >= 4 is 27.9 Å². The molecule has 0 unspecified atom stereocenters. The lowest BCUT2D eigenvalue weighted by Crippen LogP contribution is -2.27. The molecule has 118 valence electrons. The van der Waals surface area contributed by atoms with E-state index >= 15 is 0 Å². The largest absolute Gasteiger partial charge is 0.503 e. The highest BCUT2D eigenvalue weighted by molar-refractivity contribution is 9.10. The molecule has 0 aliphatic rings. The number of nitriles is 1. The van der Waals surface area contributed by atoms with Gasteiger partial charge in [-0.05, 0) is 46.6 Å². The van der Waals surface area contributed by atoms with E-state index in [1.807, 2.05) is 6.07 Å². The third-order valence-corrected chi connectivity index (χ3v) is 3.22. The zero-order chi connectivity index (χ0) is 16.5. The van der Waals surface area contributed by atoms with E-state index in [1.165, 1.54) is 13.2 Å². The molecule has 0 heterocycles. The zero-order valence-electron chi connectivity index (χ0n) is 12.4. The second kappa shape index (κ2) is 9.07. The van der Waals surface area contributed by atoms with Crippen molar-refractivity contribution in [2.75, 3.05) is 26.9 Å². The maximum absolute atomic E-state index is 11.9. The first-order valence-corrected chi connectivity index (χ1v) is 7.37. The van der Waals surface area contributed by atoms with E-state index in [1.54, 1.807) is 19.1 Å². The predicted octanol–water partition coefficient (Wildman–Crippen LogP) is 2.22. The van der Waals surface area contributed by atoms with E-state index in [9.17, 15) is 9.90 Å². The first-order chi connectivity index (χ1) is 10.5. The Morgan fingerprint density at radius 1 is 1.55 bits per heavy atom. The molecule has 1 aromatic rings. The first-order valence-electron chi connectivity index (χ1n) is 6.57. The number of aromatic hydroxyl groups is 1. The van der Waals surface area contributed by atoms with Crippen molar-refractivity contribution in [2.24, 2.45) is 0 Å². The molecule has 7 heteroatoms. The zero-order valence-corrected chi connectivity index (χ0v) is 13.9. The maximum atomic E-state index is 11.9. The summed E-state index contributed by atoms with van der Waals surface area (Å²) in [6.45, 7) is 2.86. The van der Waals surface area contributed by atoms with Gasteiger partial charge in [0.2, 0.25) is 0 Å². The lowest BCUT2D eigenvalue weighted by molar-refractivity contribution is -0.117. The van der Waals surface area contributed by atoms with Gasteiger partial charge in [-0.2, -0.15) is 5.26 Å². The van der Waals surface area contributed by atoms with Crippen molar-refractivity contribution in [2.45, 2.75) is 6.92 Å². The summed E-state index contributed by atoms with van der Waals surface area (Å²) in [6.07, 6.45) is 1.43. The van der Waals surface area contributed by atoms with Crippen molar-refractivity contribution in [3.05, 3.63) is 27.7 Å². The number of nitrogens with zero attached hydrogens (tertiary/aromatic N) is 1. The number of halogens is 1. The Morgan fingerprint density at radius 3 is 2.86 bits per heavy atom. The number of hydrogen-bond donors (Lipinski definition) is 2. The highest BCUT2D eigenvalue weighted by Crippen LogP contribution is 2.36. The summed E-state index contributed by atoms with van der Waals surface area (Å²) < 4.78 is 10.6. The first kappa shape index (κ1) is 18.0. The van der Waals surface area contributed by atoms with Gasteiger partial charge in [-0.15, -0.1) is 0 Å². The molecule has 0 saturated heterocycles. The molecule has 22 heavy (non-hydrogen) atoms. The topological polar surface area (TPSA) is 91.6 Å². The Kier molecular flexibility index (Phi) is 7.43. The third kappa shape index (κ3) is 5.06. The molecule has 0 spiro atoms. The monoisotopic (exact) mass is 368 g/mol. The molecule has 1 aromatic carbocycles. The van der Waals surface area contributed by atoms with Gasteiger partial charge >= 0.3 is 0 Å². The summed E-state index contributed by atoms with van der Waals surface area (Å²) in [5.74, 6) is -0.232. The standard InChI is InChI=1S/C15H17BrN2O4/c1-3-22-13-8-10(7-12(16)14(13)19)6-11(9-17)15(20)18-4-5-21-2/h6-8,19H,3-5H2,1-2H3,(H,18,20)/b11-6+. The van der Waals surface area contributed by atoms with Crippen molar-refractivity contribution in [3.8, 4) is 17.6 Å². The normalized spacial score (nSPS) is 10.9. The van der Waals surface area contributed by atoms with Crippen LogP contribution < -0.4 is 10.1 Å². The molecule has 0 saturated carbocycles. The van der Waals surface area contributed by atoms with Gasteiger partial charge in [0.1, 0.15) is 11.6 Å². The minimum Gasteiger partial charge on any atom is -0.503 e. The molecule has 0 aromatic heterocycles. The van der Waals surface area contributed by atoms with Gasteiger partial charge in [0.25, 0.3) is 5.91 Å². The number of rotatable bonds is 7. The third-order valence-electron chi connectivity index (χ3n) is 2.62. The van der Waals surface area contributed by atoms with E-state index in [-0.39, 0.29) is 17.1 Å².